The molecule has 2 unspecified atom stereocenters. The van der Waals surface area contributed by atoms with Gasteiger partial charge in [0.15, 0.2) is 11.6 Å². The number of benzene rings is 1. The van der Waals surface area contributed by atoms with Crippen LogP contribution >= 0.6 is 11.8 Å². The number of likely N-dealkylation sites (tertiary alicyclic amines) is 1. The highest BCUT2D eigenvalue weighted by molar-refractivity contribution is 8.00. The molecule has 1 aromatic rings. The predicted octanol–water partition coefficient (Wildman–Crippen LogP) is 2.38. The Morgan fingerprint density at radius 1 is 1.38 bits per heavy atom. The molecule has 1 aliphatic heterocycles. The first-order chi connectivity index (χ1) is 9.90. The van der Waals surface area contributed by atoms with E-state index in [1.165, 1.54) is 11.0 Å². The van der Waals surface area contributed by atoms with Gasteiger partial charge in [-0.15, -0.1) is 11.8 Å². The SMILES string of the molecule is CC1C(C(=O)O)CCN1C(=O)CSc1ccc(F)c(F)c1. The number of carboxylic acids is 1. The minimum atomic E-state index is -0.951. The van der Waals surface area contributed by atoms with E-state index in [-0.39, 0.29) is 17.7 Å². The molecule has 1 fully saturated rings. The van der Waals surface area contributed by atoms with Gasteiger partial charge in [0.2, 0.25) is 5.91 Å². The van der Waals surface area contributed by atoms with Crippen LogP contribution in [0.3, 0.4) is 0 Å². The van der Waals surface area contributed by atoms with Gasteiger partial charge >= 0.3 is 5.97 Å². The Balaban J connectivity index is 1.93. The van der Waals surface area contributed by atoms with Gasteiger partial charge in [-0.3, -0.25) is 9.59 Å². The van der Waals surface area contributed by atoms with Gasteiger partial charge in [0.25, 0.3) is 0 Å². The van der Waals surface area contributed by atoms with Gasteiger partial charge in [-0.25, -0.2) is 8.78 Å². The maximum absolute atomic E-state index is 13.1. The summed E-state index contributed by atoms with van der Waals surface area (Å²) in [5.74, 6) is -3.44. The number of aliphatic carboxylic acids is 1. The number of nitrogens with zero attached hydrogens (tertiary/aromatic N) is 1. The van der Waals surface area contributed by atoms with Gasteiger partial charge in [-0.1, -0.05) is 0 Å². The van der Waals surface area contributed by atoms with E-state index in [9.17, 15) is 18.4 Å². The quantitative estimate of drug-likeness (QED) is 0.867. The van der Waals surface area contributed by atoms with E-state index >= 15 is 0 Å². The van der Waals surface area contributed by atoms with Crippen molar-refractivity contribution in [2.75, 3.05) is 12.3 Å². The highest BCUT2D eigenvalue weighted by Crippen LogP contribution is 2.27. The average molecular weight is 315 g/mol. The summed E-state index contributed by atoms with van der Waals surface area (Å²) in [6.45, 7) is 2.13. The molecule has 1 aromatic carbocycles. The van der Waals surface area contributed by atoms with Gasteiger partial charge in [-0.2, -0.15) is 0 Å². The summed E-state index contributed by atoms with van der Waals surface area (Å²) in [7, 11) is 0. The van der Waals surface area contributed by atoms with E-state index < -0.39 is 23.5 Å². The number of carboxylic acid groups (broad SMARTS) is 1. The molecule has 2 atom stereocenters. The van der Waals surface area contributed by atoms with Gasteiger partial charge in [0, 0.05) is 17.5 Å². The van der Waals surface area contributed by atoms with Crippen LogP contribution in [-0.4, -0.2) is 40.2 Å². The summed E-state index contributed by atoms with van der Waals surface area (Å²) in [4.78, 5) is 25.1. The number of rotatable bonds is 4. The summed E-state index contributed by atoms with van der Waals surface area (Å²) in [5, 5.41) is 9.03. The number of thioether (sulfide) groups is 1. The van der Waals surface area contributed by atoms with Crippen molar-refractivity contribution >= 4 is 23.6 Å². The molecule has 1 N–H and O–H groups in total. The van der Waals surface area contributed by atoms with Crippen molar-refractivity contribution in [2.24, 2.45) is 5.92 Å². The molecule has 1 aliphatic rings. The van der Waals surface area contributed by atoms with Crippen molar-refractivity contribution < 1.29 is 23.5 Å². The lowest BCUT2D eigenvalue weighted by atomic mass is 10.0. The summed E-state index contributed by atoms with van der Waals surface area (Å²) in [6, 6.07) is 3.12. The van der Waals surface area contributed by atoms with Crippen molar-refractivity contribution in [3.05, 3.63) is 29.8 Å². The number of hydrogen-bond acceptors (Lipinski definition) is 3. The molecule has 1 saturated heterocycles. The Hall–Kier alpha value is -1.63. The molecule has 0 saturated carbocycles. The number of amides is 1. The van der Waals surface area contributed by atoms with E-state index in [4.69, 9.17) is 5.11 Å². The summed E-state index contributed by atoms with van der Waals surface area (Å²) < 4.78 is 25.9. The van der Waals surface area contributed by atoms with E-state index in [0.717, 1.165) is 23.9 Å². The van der Waals surface area contributed by atoms with E-state index in [1.807, 2.05) is 0 Å². The minimum absolute atomic E-state index is 0.0712. The second-order valence-electron chi connectivity index (χ2n) is 4.93. The summed E-state index contributed by atoms with van der Waals surface area (Å²) in [6.07, 6.45) is 0.443. The van der Waals surface area contributed by atoms with Crippen LogP contribution in [0.2, 0.25) is 0 Å². The second-order valence-corrected chi connectivity index (χ2v) is 5.97. The number of carbonyl (C=O) groups is 2. The first kappa shape index (κ1) is 15.8. The molecule has 0 bridgehead atoms. The van der Waals surface area contributed by atoms with Crippen LogP contribution in [0.15, 0.2) is 23.1 Å². The molecule has 114 valence electrons. The van der Waals surface area contributed by atoms with Crippen LogP contribution in [0, 0.1) is 17.6 Å². The summed E-state index contributed by atoms with van der Waals surface area (Å²) in [5.41, 5.74) is 0. The Morgan fingerprint density at radius 3 is 2.67 bits per heavy atom. The minimum Gasteiger partial charge on any atom is -0.481 e. The van der Waals surface area contributed by atoms with Crippen molar-refractivity contribution in [1.29, 1.82) is 0 Å². The average Bonchev–Trinajstić information content (AvgIpc) is 2.82. The first-order valence-electron chi connectivity index (χ1n) is 6.50. The van der Waals surface area contributed by atoms with Gasteiger partial charge < -0.3 is 10.0 Å². The molecule has 0 spiro atoms. The Kier molecular flexibility index (Phi) is 4.82. The number of hydrogen-bond donors (Lipinski definition) is 1. The van der Waals surface area contributed by atoms with Crippen LogP contribution in [0.1, 0.15) is 13.3 Å². The van der Waals surface area contributed by atoms with Crippen LogP contribution in [0.5, 0.6) is 0 Å². The molecule has 4 nitrogen and oxygen atoms in total. The molecule has 2 rings (SSSR count). The smallest absolute Gasteiger partial charge is 0.308 e. The van der Waals surface area contributed by atoms with Crippen molar-refractivity contribution in [2.45, 2.75) is 24.3 Å². The highest BCUT2D eigenvalue weighted by atomic mass is 32.2. The predicted molar refractivity (Wildman–Crippen MR) is 74.0 cm³/mol. The third-order valence-electron chi connectivity index (χ3n) is 3.65. The van der Waals surface area contributed by atoms with Crippen LogP contribution in [0.4, 0.5) is 8.78 Å². The lowest BCUT2D eigenvalue weighted by Gasteiger charge is -2.23. The largest absolute Gasteiger partial charge is 0.481 e. The fourth-order valence-electron chi connectivity index (χ4n) is 2.42. The fraction of sp³-hybridized carbons (Fsp3) is 0.429. The third kappa shape index (κ3) is 3.53. The molecule has 21 heavy (non-hydrogen) atoms. The first-order valence-corrected chi connectivity index (χ1v) is 7.49. The molecule has 1 heterocycles. The van der Waals surface area contributed by atoms with E-state index in [1.54, 1.807) is 6.92 Å². The van der Waals surface area contributed by atoms with Gasteiger partial charge in [0.1, 0.15) is 0 Å². The maximum Gasteiger partial charge on any atom is 0.308 e. The van der Waals surface area contributed by atoms with Gasteiger partial charge in [0.05, 0.1) is 11.7 Å². The van der Waals surface area contributed by atoms with Crippen LogP contribution in [-0.2, 0) is 9.59 Å². The molecule has 0 aliphatic carbocycles. The summed E-state index contributed by atoms with van der Waals surface area (Å²) >= 11 is 1.10. The van der Waals surface area contributed by atoms with Gasteiger partial charge in [-0.05, 0) is 31.5 Å². The lowest BCUT2D eigenvalue weighted by molar-refractivity contribution is -0.142. The number of halogens is 2. The Bertz CT molecular complexity index is 567. The van der Waals surface area contributed by atoms with Crippen molar-refractivity contribution in [3.8, 4) is 0 Å². The third-order valence-corrected chi connectivity index (χ3v) is 4.62. The maximum atomic E-state index is 13.1. The topological polar surface area (TPSA) is 57.6 Å². The second kappa shape index (κ2) is 6.43. The zero-order valence-corrected chi connectivity index (χ0v) is 12.2. The monoisotopic (exact) mass is 315 g/mol. The van der Waals surface area contributed by atoms with Crippen molar-refractivity contribution in [1.82, 2.24) is 4.90 Å². The molecule has 1 amide bonds. The van der Waals surface area contributed by atoms with E-state index in [2.05, 4.69) is 0 Å². The molecular weight excluding hydrogens is 300 g/mol. The molecule has 0 aromatic heterocycles. The lowest BCUT2D eigenvalue weighted by Crippen LogP contribution is -2.38. The fourth-order valence-corrected chi connectivity index (χ4v) is 3.22. The zero-order valence-electron chi connectivity index (χ0n) is 11.4. The highest BCUT2D eigenvalue weighted by Gasteiger charge is 2.37. The Morgan fingerprint density at radius 2 is 2.10 bits per heavy atom. The molecule has 7 heteroatoms. The van der Waals surface area contributed by atoms with Crippen LogP contribution in [0.25, 0.3) is 0 Å². The van der Waals surface area contributed by atoms with E-state index in [0.29, 0.717) is 17.9 Å². The standard InChI is InChI=1S/C14H15F2NO3S/c1-8-10(14(19)20)4-5-17(8)13(18)7-21-9-2-3-11(15)12(16)6-9/h2-3,6,8,10H,4-5,7H2,1H3,(H,19,20). The Labute approximate surface area is 125 Å². The number of carbonyl (C=O) groups excluding carboxylic acids is 1. The zero-order chi connectivity index (χ0) is 15.6. The molecular formula is C14H15F2NO3S. The van der Waals surface area contributed by atoms with Crippen LogP contribution < -0.4 is 0 Å². The molecule has 0 radical (unpaired) electrons. The normalized spacial score (nSPS) is 21.6. The van der Waals surface area contributed by atoms with Crippen molar-refractivity contribution in [3.63, 3.8) is 0 Å².